The summed E-state index contributed by atoms with van der Waals surface area (Å²) in [6.45, 7) is 1.76. The lowest BCUT2D eigenvalue weighted by molar-refractivity contribution is 0.0538. The first kappa shape index (κ1) is 14.2. The SMILES string of the molecule is COCCOCCOc1ccc(CCl)cc1F. The van der Waals surface area contributed by atoms with Gasteiger partial charge in [-0.2, -0.15) is 0 Å². The molecule has 96 valence electrons. The molecule has 1 aromatic carbocycles. The number of rotatable bonds is 8. The lowest BCUT2D eigenvalue weighted by Crippen LogP contribution is -2.10. The second kappa shape index (κ2) is 8.28. The normalized spacial score (nSPS) is 10.5. The van der Waals surface area contributed by atoms with Crippen molar-refractivity contribution in [1.82, 2.24) is 0 Å². The maximum atomic E-state index is 13.4. The zero-order valence-corrected chi connectivity index (χ0v) is 10.5. The molecule has 0 heterocycles. The Balaban J connectivity index is 2.27. The average molecular weight is 263 g/mol. The van der Waals surface area contributed by atoms with Gasteiger partial charge in [-0.3, -0.25) is 0 Å². The van der Waals surface area contributed by atoms with Crippen LogP contribution in [0.1, 0.15) is 5.56 Å². The highest BCUT2D eigenvalue weighted by molar-refractivity contribution is 6.17. The minimum absolute atomic E-state index is 0.217. The molecule has 0 aliphatic rings. The quantitative estimate of drug-likeness (QED) is 0.532. The number of alkyl halides is 1. The summed E-state index contributed by atoms with van der Waals surface area (Å²) in [5.74, 6) is 0.103. The molecule has 0 spiro atoms. The van der Waals surface area contributed by atoms with Crippen LogP contribution in [0, 0.1) is 5.82 Å². The van der Waals surface area contributed by atoms with Gasteiger partial charge >= 0.3 is 0 Å². The number of methoxy groups -OCH3 is 1. The standard InChI is InChI=1S/C12H16ClFO3/c1-15-4-5-16-6-7-17-12-3-2-10(9-13)8-11(12)14/h2-3,8H,4-7,9H2,1H3. The Labute approximate surface area is 105 Å². The monoisotopic (exact) mass is 262 g/mol. The lowest BCUT2D eigenvalue weighted by Gasteiger charge is -2.08. The van der Waals surface area contributed by atoms with Crippen molar-refractivity contribution in [2.45, 2.75) is 5.88 Å². The van der Waals surface area contributed by atoms with Crippen molar-refractivity contribution in [2.75, 3.05) is 33.5 Å². The molecule has 0 saturated heterocycles. The van der Waals surface area contributed by atoms with E-state index in [4.69, 9.17) is 25.8 Å². The highest BCUT2D eigenvalue weighted by Crippen LogP contribution is 2.19. The summed E-state index contributed by atoms with van der Waals surface area (Å²) in [7, 11) is 1.60. The molecular weight excluding hydrogens is 247 g/mol. The molecule has 0 N–H and O–H groups in total. The largest absolute Gasteiger partial charge is 0.488 e. The third-order valence-electron chi connectivity index (χ3n) is 2.07. The first-order chi connectivity index (χ1) is 8.27. The Morgan fingerprint density at radius 2 is 1.94 bits per heavy atom. The molecule has 0 bridgehead atoms. The van der Waals surface area contributed by atoms with Crippen LogP contribution in [0.25, 0.3) is 0 Å². The van der Waals surface area contributed by atoms with Crippen LogP contribution in [0.3, 0.4) is 0 Å². The predicted octanol–water partition coefficient (Wildman–Crippen LogP) is 2.61. The van der Waals surface area contributed by atoms with Crippen LogP contribution in [-0.2, 0) is 15.4 Å². The molecule has 0 radical (unpaired) electrons. The maximum absolute atomic E-state index is 13.4. The maximum Gasteiger partial charge on any atom is 0.165 e. The summed E-state index contributed by atoms with van der Waals surface area (Å²) in [5.41, 5.74) is 0.730. The predicted molar refractivity (Wildman–Crippen MR) is 64.1 cm³/mol. The van der Waals surface area contributed by atoms with Gasteiger partial charge in [0.25, 0.3) is 0 Å². The van der Waals surface area contributed by atoms with Gasteiger partial charge in [0.05, 0.1) is 19.8 Å². The van der Waals surface area contributed by atoms with Gasteiger partial charge in [0.2, 0.25) is 0 Å². The fraction of sp³-hybridized carbons (Fsp3) is 0.500. The molecule has 0 amide bonds. The summed E-state index contributed by atoms with van der Waals surface area (Å²) in [5, 5.41) is 0. The number of hydrogen-bond donors (Lipinski definition) is 0. The number of halogens is 2. The van der Waals surface area contributed by atoms with E-state index in [-0.39, 0.29) is 11.6 Å². The summed E-state index contributed by atoms with van der Waals surface area (Å²) in [6, 6.07) is 4.67. The molecule has 0 atom stereocenters. The van der Waals surface area contributed by atoms with Crippen LogP contribution in [0.5, 0.6) is 5.75 Å². The van der Waals surface area contributed by atoms with E-state index in [0.717, 1.165) is 5.56 Å². The van der Waals surface area contributed by atoms with E-state index in [1.165, 1.54) is 6.07 Å². The van der Waals surface area contributed by atoms with Crippen molar-refractivity contribution in [3.63, 3.8) is 0 Å². The second-order valence-corrected chi connectivity index (χ2v) is 3.62. The summed E-state index contributed by atoms with van der Waals surface area (Å²) < 4.78 is 28.7. The molecule has 0 saturated carbocycles. The molecule has 17 heavy (non-hydrogen) atoms. The van der Waals surface area contributed by atoms with E-state index in [0.29, 0.717) is 26.4 Å². The Morgan fingerprint density at radius 3 is 2.59 bits per heavy atom. The Morgan fingerprint density at radius 1 is 1.18 bits per heavy atom. The third kappa shape index (κ3) is 5.35. The summed E-state index contributed by atoms with van der Waals surface area (Å²) in [6.07, 6.45) is 0. The molecule has 0 aliphatic heterocycles. The van der Waals surface area contributed by atoms with Gasteiger partial charge in [-0.15, -0.1) is 11.6 Å². The van der Waals surface area contributed by atoms with Crippen LogP contribution >= 0.6 is 11.6 Å². The van der Waals surface area contributed by atoms with E-state index in [2.05, 4.69) is 0 Å². The molecule has 0 aliphatic carbocycles. The van der Waals surface area contributed by atoms with Crippen LogP contribution < -0.4 is 4.74 Å². The van der Waals surface area contributed by atoms with Crippen LogP contribution in [0.4, 0.5) is 4.39 Å². The molecule has 1 rings (SSSR count). The molecule has 0 aromatic heterocycles. The number of benzene rings is 1. The second-order valence-electron chi connectivity index (χ2n) is 3.35. The highest BCUT2D eigenvalue weighted by atomic mass is 35.5. The topological polar surface area (TPSA) is 27.7 Å². The molecular formula is C12H16ClFO3. The van der Waals surface area contributed by atoms with Crippen molar-refractivity contribution >= 4 is 11.6 Å². The highest BCUT2D eigenvalue weighted by Gasteiger charge is 2.04. The van der Waals surface area contributed by atoms with Gasteiger partial charge in [0, 0.05) is 13.0 Å². The average Bonchev–Trinajstić information content (AvgIpc) is 2.35. The number of hydrogen-bond acceptors (Lipinski definition) is 3. The Hall–Kier alpha value is -0.840. The van der Waals surface area contributed by atoms with Gasteiger partial charge in [0.1, 0.15) is 6.61 Å². The van der Waals surface area contributed by atoms with Gasteiger partial charge in [-0.1, -0.05) is 6.07 Å². The molecule has 1 aromatic rings. The van der Waals surface area contributed by atoms with Gasteiger partial charge in [0.15, 0.2) is 11.6 Å². The first-order valence-corrected chi connectivity index (χ1v) is 5.85. The van der Waals surface area contributed by atoms with Crippen LogP contribution in [0.2, 0.25) is 0 Å². The zero-order valence-electron chi connectivity index (χ0n) is 9.75. The minimum Gasteiger partial charge on any atom is -0.488 e. The Kier molecular flexibility index (Phi) is 6.93. The Bertz CT molecular complexity index is 334. The van der Waals surface area contributed by atoms with Crippen molar-refractivity contribution in [3.8, 4) is 5.75 Å². The van der Waals surface area contributed by atoms with Crippen LogP contribution in [-0.4, -0.2) is 33.5 Å². The van der Waals surface area contributed by atoms with Crippen LogP contribution in [0.15, 0.2) is 18.2 Å². The van der Waals surface area contributed by atoms with E-state index in [9.17, 15) is 4.39 Å². The zero-order chi connectivity index (χ0) is 12.5. The fourth-order valence-electron chi connectivity index (χ4n) is 1.20. The fourth-order valence-corrected chi connectivity index (χ4v) is 1.37. The van der Waals surface area contributed by atoms with Crippen molar-refractivity contribution in [2.24, 2.45) is 0 Å². The van der Waals surface area contributed by atoms with E-state index >= 15 is 0 Å². The van der Waals surface area contributed by atoms with Gasteiger partial charge in [-0.05, 0) is 17.7 Å². The lowest BCUT2D eigenvalue weighted by atomic mass is 10.2. The number of ether oxygens (including phenoxy) is 3. The van der Waals surface area contributed by atoms with E-state index in [1.807, 2.05) is 0 Å². The van der Waals surface area contributed by atoms with Crippen molar-refractivity contribution in [1.29, 1.82) is 0 Å². The van der Waals surface area contributed by atoms with E-state index < -0.39 is 5.82 Å². The molecule has 3 nitrogen and oxygen atoms in total. The summed E-state index contributed by atoms with van der Waals surface area (Å²) in [4.78, 5) is 0. The van der Waals surface area contributed by atoms with Crippen molar-refractivity contribution < 1.29 is 18.6 Å². The first-order valence-electron chi connectivity index (χ1n) is 5.31. The van der Waals surface area contributed by atoms with E-state index in [1.54, 1.807) is 19.2 Å². The molecule has 0 unspecified atom stereocenters. The van der Waals surface area contributed by atoms with Gasteiger partial charge < -0.3 is 14.2 Å². The smallest absolute Gasteiger partial charge is 0.165 e. The third-order valence-corrected chi connectivity index (χ3v) is 2.38. The van der Waals surface area contributed by atoms with Gasteiger partial charge in [-0.25, -0.2) is 4.39 Å². The summed E-state index contributed by atoms with van der Waals surface area (Å²) >= 11 is 5.59. The minimum atomic E-state index is -0.403. The molecule has 0 fully saturated rings. The molecule has 5 heteroatoms. The van der Waals surface area contributed by atoms with Crippen molar-refractivity contribution in [3.05, 3.63) is 29.6 Å².